The number of ether oxygens (including phenoxy) is 2. The third kappa shape index (κ3) is 3.52. The van der Waals surface area contributed by atoms with Crippen molar-refractivity contribution in [2.45, 2.75) is 6.54 Å². The topological polar surface area (TPSA) is 50.7 Å². The number of hydrogen-bond donors (Lipinski definition) is 0. The Balaban J connectivity index is 1.21. The molecule has 1 aromatic heterocycles. The van der Waals surface area contributed by atoms with Gasteiger partial charge in [0.05, 0.1) is 0 Å². The first-order chi connectivity index (χ1) is 15.8. The summed E-state index contributed by atoms with van der Waals surface area (Å²) in [6.45, 7) is 5.02. The molecule has 0 amide bonds. The lowest BCUT2D eigenvalue weighted by molar-refractivity contribution is 0.174. The fraction of sp³-hybridized carbons (Fsp3) is 0.231. The SMILES string of the molecule is c1ccc(-c2nnc(N3CCN(Cc4ccc5c(c4)OCO5)CC3)c3ccccc23)cc1. The summed E-state index contributed by atoms with van der Waals surface area (Å²) < 4.78 is 10.9. The summed E-state index contributed by atoms with van der Waals surface area (Å²) in [4.78, 5) is 4.84. The van der Waals surface area contributed by atoms with Crippen molar-refractivity contribution < 1.29 is 9.47 Å². The number of rotatable bonds is 4. The molecule has 0 radical (unpaired) electrons. The molecule has 2 aliphatic heterocycles. The van der Waals surface area contributed by atoms with E-state index < -0.39 is 0 Å². The fourth-order valence-corrected chi connectivity index (χ4v) is 4.55. The molecule has 0 bridgehead atoms. The molecule has 2 aliphatic rings. The van der Waals surface area contributed by atoms with Crippen LogP contribution in [0.25, 0.3) is 22.0 Å². The molecular weight excluding hydrogens is 400 g/mol. The molecule has 3 heterocycles. The van der Waals surface area contributed by atoms with Crippen LogP contribution in [0.15, 0.2) is 72.8 Å². The second-order valence-corrected chi connectivity index (χ2v) is 8.23. The van der Waals surface area contributed by atoms with Crippen molar-refractivity contribution in [2.75, 3.05) is 37.9 Å². The highest BCUT2D eigenvalue weighted by molar-refractivity contribution is 6.00. The summed E-state index contributed by atoms with van der Waals surface area (Å²) >= 11 is 0. The monoisotopic (exact) mass is 424 g/mol. The van der Waals surface area contributed by atoms with Crippen LogP contribution in [0.3, 0.4) is 0 Å². The molecule has 6 heteroatoms. The second kappa shape index (κ2) is 8.13. The van der Waals surface area contributed by atoms with Crippen LogP contribution < -0.4 is 14.4 Å². The summed E-state index contributed by atoms with van der Waals surface area (Å²) in [5.41, 5.74) is 3.28. The van der Waals surface area contributed by atoms with Gasteiger partial charge in [0.15, 0.2) is 17.3 Å². The highest BCUT2D eigenvalue weighted by Gasteiger charge is 2.22. The standard InChI is InChI=1S/C26H24N4O2/c1-2-6-20(7-3-1)25-21-8-4-5-9-22(21)26(28-27-25)30-14-12-29(13-15-30)17-19-10-11-23-24(16-19)32-18-31-23/h1-11,16H,12-15,17-18H2. The van der Waals surface area contributed by atoms with Gasteiger partial charge in [-0.05, 0) is 17.7 Å². The lowest BCUT2D eigenvalue weighted by atomic mass is 10.0. The molecule has 0 spiro atoms. The van der Waals surface area contributed by atoms with Crippen molar-refractivity contribution in [3.8, 4) is 22.8 Å². The largest absolute Gasteiger partial charge is 0.454 e. The number of nitrogens with zero attached hydrogens (tertiary/aromatic N) is 4. The fourth-order valence-electron chi connectivity index (χ4n) is 4.55. The van der Waals surface area contributed by atoms with Crippen molar-refractivity contribution in [2.24, 2.45) is 0 Å². The van der Waals surface area contributed by atoms with Gasteiger partial charge >= 0.3 is 0 Å². The molecule has 6 nitrogen and oxygen atoms in total. The van der Waals surface area contributed by atoms with Crippen molar-refractivity contribution >= 4 is 16.6 Å². The Morgan fingerprint density at radius 1 is 0.719 bits per heavy atom. The van der Waals surface area contributed by atoms with Gasteiger partial charge in [0.1, 0.15) is 5.69 Å². The van der Waals surface area contributed by atoms with Crippen LogP contribution in [-0.2, 0) is 6.54 Å². The molecular formula is C26H24N4O2. The van der Waals surface area contributed by atoms with E-state index in [1.807, 2.05) is 24.3 Å². The van der Waals surface area contributed by atoms with Crippen LogP contribution >= 0.6 is 0 Å². The van der Waals surface area contributed by atoms with E-state index in [4.69, 9.17) is 9.47 Å². The Morgan fingerprint density at radius 3 is 2.31 bits per heavy atom. The van der Waals surface area contributed by atoms with Crippen LogP contribution in [0.2, 0.25) is 0 Å². The van der Waals surface area contributed by atoms with Gasteiger partial charge < -0.3 is 14.4 Å². The zero-order valence-corrected chi connectivity index (χ0v) is 17.8. The number of anilines is 1. The van der Waals surface area contributed by atoms with Gasteiger partial charge in [0.2, 0.25) is 6.79 Å². The van der Waals surface area contributed by atoms with Crippen LogP contribution in [0.1, 0.15) is 5.56 Å². The number of benzene rings is 3. The lowest BCUT2D eigenvalue weighted by Crippen LogP contribution is -2.46. The van der Waals surface area contributed by atoms with Gasteiger partial charge in [-0.15, -0.1) is 10.2 Å². The van der Waals surface area contributed by atoms with Crippen LogP contribution in [-0.4, -0.2) is 48.1 Å². The normalized spacial score (nSPS) is 15.9. The smallest absolute Gasteiger partial charge is 0.231 e. The van der Waals surface area contributed by atoms with Crippen molar-refractivity contribution in [1.29, 1.82) is 0 Å². The molecule has 1 fully saturated rings. The van der Waals surface area contributed by atoms with Crippen molar-refractivity contribution in [3.05, 3.63) is 78.4 Å². The van der Waals surface area contributed by atoms with Gasteiger partial charge in [-0.25, -0.2) is 0 Å². The number of piperazine rings is 1. The molecule has 0 saturated carbocycles. The Hall–Kier alpha value is -3.64. The molecule has 0 unspecified atom stereocenters. The van der Waals surface area contributed by atoms with E-state index in [1.54, 1.807) is 0 Å². The minimum atomic E-state index is 0.315. The third-order valence-electron chi connectivity index (χ3n) is 6.23. The number of aromatic nitrogens is 2. The van der Waals surface area contributed by atoms with Crippen molar-refractivity contribution in [1.82, 2.24) is 15.1 Å². The van der Waals surface area contributed by atoms with E-state index >= 15 is 0 Å². The first kappa shape index (κ1) is 19.1. The summed E-state index contributed by atoms with van der Waals surface area (Å²) in [6.07, 6.45) is 0. The molecule has 0 N–H and O–H groups in total. The summed E-state index contributed by atoms with van der Waals surface area (Å²) in [7, 11) is 0. The Bertz CT molecular complexity index is 1250. The number of hydrogen-bond acceptors (Lipinski definition) is 6. The van der Waals surface area contributed by atoms with Crippen LogP contribution in [0.4, 0.5) is 5.82 Å². The molecule has 0 aliphatic carbocycles. The Labute approximate surface area is 187 Å². The van der Waals surface area contributed by atoms with E-state index in [1.165, 1.54) is 5.56 Å². The van der Waals surface area contributed by atoms with Gasteiger partial charge in [-0.1, -0.05) is 60.7 Å². The Kier molecular flexibility index (Phi) is 4.85. The highest BCUT2D eigenvalue weighted by atomic mass is 16.7. The maximum Gasteiger partial charge on any atom is 0.231 e. The average molecular weight is 425 g/mol. The zero-order chi connectivity index (χ0) is 21.3. The van der Waals surface area contributed by atoms with Crippen molar-refractivity contribution in [3.63, 3.8) is 0 Å². The predicted octanol–water partition coefficient (Wildman–Crippen LogP) is 4.35. The first-order valence-electron chi connectivity index (χ1n) is 11.0. The molecule has 0 atom stereocenters. The third-order valence-corrected chi connectivity index (χ3v) is 6.23. The lowest BCUT2D eigenvalue weighted by Gasteiger charge is -2.35. The maximum atomic E-state index is 5.52. The highest BCUT2D eigenvalue weighted by Crippen LogP contribution is 2.34. The molecule has 160 valence electrons. The predicted molar refractivity (Wildman–Crippen MR) is 125 cm³/mol. The molecule has 4 aromatic rings. The minimum absolute atomic E-state index is 0.315. The average Bonchev–Trinajstić information content (AvgIpc) is 3.32. The van der Waals surface area contributed by atoms with E-state index in [0.29, 0.717) is 6.79 Å². The van der Waals surface area contributed by atoms with Gasteiger partial charge in [-0.2, -0.15) is 0 Å². The summed E-state index contributed by atoms with van der Waals surface area (Å²) in [6, 6.07) is 25.0. The van der Waals surface area contributed by atoms with Crippen LogP contribution in [0.5, 0.6) is 11.5 Å². The van der Waals surface area contributed by atoms with E-state index in [9.17, 15) is 0 Å². The van der Waals surface area contributed by atoms with Gasteiger partial charge in [0, 0.05) is 49.1 Å². The quantitative estimate of drug-likeness (QED) is 0.486. The summed E-state index contributed by atoms with van der Waals surface area (Å²) in [5.74, 6) is 2.66. The molecule has 1 saturated heterocycles. The zero-order valence-electron chi connectivity index (χ0n) is 17.8. The Morgan fingerprint density at radius 2 is 1.47 bits per heavy atom. The van der Waals surface area contributed by atoms with E-state index in [0.717, 1.165) is 72.1 Å². The van der Waals surface area contributed by atoms with E-state index in [2.05, 4.69) is 68.5 Å². The first-order valence-corrected chi connectivity index (χ1v) is 11.0. The molecule has 6 rings (SSSR count). The summed E-state index contributed by atoms with van der Waals surface area (Å²) in [5, 5.41) is 11.6. The van der Waals surface area contributed by atoms with E-state index in [-0.39, 0.29) is 0 Å². The van der Waals surface area contributed by atoms with Gasteiger partial charge in [-0.3, -0.25) is 4.90 Å². The minimum Gasteiger partial charge on any atom is -0.454 e. The van der Waals surface area contributed by atoms with Gasteiger partial charge in [0.25, 0.3) is 0 Å². The number of fused-ring (bicyclic) bond motifs is 2. The van der Waals surface area contributed by atoms with Crippen LogP contribution in [0, 0.1) is 0 Å². The molecule has 32 heavy (non-hydrogen) atoms. The second-order valence-electron chi connectivity index (χ2n) is 8.23. The molecule has 3 aromatic carbocycles. The maximum absolute atomic E-state index is 5.52.